The lowest BCUT2D eigenvalue weighted by molar-refractivity contribution is -0.115. The largest absolute Gasteiger partial charge is 0.326 e. The van der Waals surface area contributed by atoms with Gasteiger partial charge in [0, 0.05) is 33.3 Å². The molecule has 0 saturated heterocycles. The first kappa shape index (κ1) is 19.1. The van der Waals surface area contributed by atoms with Crippen molar-refractivity contribution in [2.75, 3.05) is 11.1 Å². The Hall–Kier alpha value is -2.28. The summed E-state index contributed by atoms with van der Waals surface area (Å²) in [6, 6.07) is 15.1. The molecule has 4 aromatic rings. The Balaban J connectivity index is 1.47. The molecule has 2 aromatic carbocycles. The normalized spacial score (nSPS) is 11.2. The Bertz CT molecular complexity index is 1170. The van der Waals surface area contributed by atoms with E-state index in [-0.39, 0.29) is 5.91 Å². The maximum atomic E-state index is 12.2. The van der Waals surface area contributed by atoms with Gasteiger partial charge in [0.15, 0.2) is 10.8 Å². The number of benzene rings is 2. The number of carbonyl (C=O) groups excluding carboxylic acids is 1. The molecule has 1 N–H and O–H groups in total. The monoisotopic (exact) mass is 430 g/mol. The van der Waals surface area contributed by atoms with E-state index >= 15 is 0 Å². The molecule has 28 heavy (non-hydrogen) atoms. The third-order valence-corrected chi connectivity index (χ3v) is 5.65. The molecule has 0 aliphatic heterocycles. The van der Waals surface area contributed by atoms with Crippen LogP contribution in [0, 0.1) is 6.92 Å². The average Bonchev–Trinajstić information content (AvgIpc) is 3.04. The number of rotatable bonds is 5. The molecule has 5 nitrogen and oxygen atoms in total. The molecule has 1 amide bonds. The van der Waals surface area contributed by atoms with Gasteiger partial charge in [-0.1, -0.05) is 53.2 Å². The number of halogens is 2. The third-order valence-electron chi connectivity index (χ3n) is 4.28. The second-order valence-corrected chi connectivity index (χ2v) is 8.26. The van der Waals surface area contributed by atoms with E-state index in [1.165, 1.54) is 11.8 Å². The van der Waals surface area contributed by atoms with Gasteiger partial charge in [-0.3, -0.25) is 9.20 Å². The number of carbonyl (C=O) groups is 1. The molecule has 142 valence electrons. The molecule has 0 aliphatic carbocycles. The molecule has 4 rings (SSSR count). The Labute approximate surface area is 176 Å². The van der Waals surface area contributed by atoms with E-state index in [4.69, 9.17) is 23.2 Å². The Morgan fingerprint density at radius 3 is 2.64 bits per heavy atom. The highest BCUT2D eigenvalue weighted by Gasteiger charge is 2.12. The molecule has 2 heterocycles. The van der Waals surface area contributed by atoms with Crippen molar-refractivity contribution in [1.82, 2.24) is 14.6 Å². The summed E-state index contributed by atoms with van der Waals surface area (Å²) in [4.78, 5) is 12.2. The smallest absolute Gasteiger partial charge is 0.225 e. The Morgan fingerprint density at radius 2 is 1.86 bits per heavy atom. The van der Waals surface area contributed by atoms with Crippen LogP contribution >= 0.6 is 35.0 Å². The number of hydrogen-bond donors (Lipinski definition) is 1. The molecule has 0 spiro atoms. The van der Waals surface area contributed by atoms with E-state index < -0.39 is 0 Å². The van der Waals surface area contributed by atoms with Crippen LogP contribution in [0.15, 0.2) is 53.7 Å². The summed E-state index contributed by atoms with van der Waals surface area (Å²) in [7, 11) is 0. The number of nitrogens with one attached hydrogen (secondary N) is 1. The number of aromatic nitrogens is 3. The van der Waals surface area contributed by atoms with Gasteiger partial charge in [0.05, 0.1) is 5.52 Å². The van der Waals surface area contributed by atoms with Crippen LogP contribution in [0.5, 0.6) is 0 Å². The van der Waals surface area contributed by atoms with Crippen LogP contribution in [0.4, 0.5) is 5.69 Å². The van der Waals surface area contributed by atoms with E-state index in [9.17, 15) is 4.79 Å². The number of amides is 1. The summed E-state index contributed by atoms with van der Waals surface area (Å²) in [5.74, 6) is 0.462. The van der Waals surface area contributed by atoms with Crippen molar-refractivity contribution in [2.45, 2.75) is 18.5 Å². The van der Waals surface area contributed by atoms with Crippen molar-refractivity contribution in [3.05, 3.63) is 64.1 Å². The highest BCUT2D eigenvalue weighted by atomic mass is 35.5. The Kier molecular flexibility index (Phi) is 5.44. The highest BCUT2D eigenvalue weighted by Crippen LogP contribution is 2.26. The van der Waals surface area contributed by atoms with Crippen molar-refractivity contribution in [3.8, 4) is 0 Å². The van der Waals surface area contributed by atoms with Crippen LogP contribution in [-0.2, 0) is 4.79 Å². The van der Waals surface area contributed by atoms with Gasteiger partial charge < -0.3 is 5.32 Å². The molecular weight excluding hydrogens is 415 g/mol. The van der Waals surface area contributed by atoms with E-state index in [1.807, 2.05) is 22.6 Å². The molecule has 0 atom stereocenters. The van der Waals surface area contributed by atoms with E-state index in [2.05, 4.69) is 34.6 Å². The van der Waals surface area contributed by atoms with E-state index in [1.54, 1.807) is 18.2 Å². The standard InChI is InChI=1S/C20H16Cl2N4OS/c1-12-8-18-24-25-20(26(18)17-5-3-2-4-16(12)17)28-7-6-19(27)23-15-10-13(21)9-14(22)11-15/h2-5,8-11H,6-7H2,1H3,(H,23,27). The second-order valence-electron chi connectivity index (χ2n) is 6.33. The zero-order valence-electron chi connectivity index (χ0n) is 14.9. The minimum atomic E-state index is -0.111. The first-order chi connectivity index (χ1) is 13.5. The molecular formula is C20H16Cl2N4OS. The van der Waals surface area contributed by atoms with Crippen LogP contribution in [-0.4, -0.2) is 26.3 Å². The van der Waals surface area contributed by atoms with Gasteiger partial charge in [-0.05, 0) is 42.8 Å². The van der Waals surface area contributed by atoms with E-state index in [0.29, 0.717) is 27.9 Å². The second kappa shape index (κ2) is 7.99. The maximum Gasteiger partial charge on any atom is 0.225 e. The number of fused-ring (bicyclic) bond motifs is 3. The lowest BCUT2D eigenvalue weighted by atomic mass is 10.1. The van der Waals surface area contributed by atoms with Crippen molar-refractivity contribution in [3.63, 3.8) is 0 Å². The SMILES string of the molecule is Cc1cc2nnc(SCCC(=O)Nc3cc(Cl)cc(Cl)c3)n2c2ccccc12. The van der Waals surface area contributed by atoms with Gasteiger partial charge in [-0.2, -0.15) is 0 Å². The number of hydrogen-bond acceptors (Lipinski definition) is 4. The molecule has 0 unspecified atom stereocenters. The highest BCUT2D eigenvalue weighted by molar-refractivity contribution is 7.99. The fourth-order valence-corrected chi connectivity index (χ4v) is 4.47. The van der Waals surface area contributed by atoms with Gasteiger partial charge >= 0.3 is 0 Å². The molecule has 0 fully saturated rings. The van der Waals surface area contributed by atoms with E-state index in [0.717, 1.165) is 27.3 Å². The quantitative estimate of drug-likeness (QED) is 0.417. The average molecular weight is 431 g/mol. The predicted molar refractivity (Wildman–Crippen MR) is 116 cm³/mol. The first-order valence-corrected chi connectivity index (χ1v) is 10.4. The van der Waals surface area contributed by atoms with Crippen LogP contribution in [0.3, 0.4) is 0 Å². The summed E-state index contributed by atoms with van der Waals surface area (Å²) in [6.07, 6.45) is 0.327. The van der Waals surface area contributed by atoms with Gasteiger partial charge in [0.1, 0.15) is 0 Å². The van der Waals surface area contributed by atoms with Crippen LogP contribution in [0.25, 0.3) is 16.6 Å². The van der Waals surface area contributed by atoms with Crippen LogP contribution in [0.1, 0.15) is 12.0 Å². The zero-order valence-corrected chi connectivity index (χ0v) is 17.3. The van der Waals surface area contributed by atoms with Gasteiger partial charge in [0.2, 0.25) is 5.91 Å². The lowest BCUT2D eigenvalue weighted by Crippen LogP contribution is -2.12. The summed E-state index contributed by atoms with van der Waals surface area (Å²) in [5.41, 5.74) is 3.60. The van der Waals surface area contributed by atoms with Crippen molar-refractivity contribution in [1.29, 1.82) is 0 Å². The zero-order chi connectivity index (χ0) is 19.7. The van der Waals surface area contributed by atoms with Crippen LogP contribution < -0.4 is 5.32 Å². The lowest BCUT2D eigenvalue weighted by Gasteiger charge is -2.08. The first-order valence-electron chi connectivity index (χ1n) is 8.63. The summed E-state index contributed by atoms with van der Waals surface area (Å²) < 4.78 is 2.03. The number of thioether (sulfide) groups is 1. The number of para-hydroxylation sites is 1. The number of nitrogens with zero attached hydrogens (tertiary/aromatic N) is 3. The summed E-state index contributed by atoms with van der Waals surface area (Å²) in [5, 5.41) is 14.3. The number of pyridine rings is 1. The summed E-state index contributed by atoms with van der Waals surface area (Å²) >= 11 is 13.4. The van der Waals surface area contributed by atoms with Crippen molar-refractivity contribution >= 4 is 63.1 Å². The predicted octanol–water partition coefficient (Wildman–Crippen LogP) is 5.62. The molecule has 0 radical (unpaired) electrons. The van der Waals surface area contributed by atoms with Gasteiger partial charge in [0.25, 0.3) is 0 Å². The minimum Gasteiger partial charge on any atom is -0.326 e. The fourth-order valence-electron chi connectivity index (χ4n) is 3.05. The molecule has 0 saturated carbocycles. The molecule has 8 heteroatoms. The molecule has 0 aliphatic rings. The maximum absolute atomic E-state index is 12.2. The number of aryl methyl sites for hydroxylation is 1. The number of anilines is 1. The van der Waals surface area contributed by atoms with Crippen LogP contribution in [0.2, 0.25) is 10.0 Å². The third kappa shape index (κ3) is 3.94. The van der Waals surface area contributed by atoms with Crippen molar-refractivity contribution in [2.24, 2.45) is 0 Å². The molecule has 2 aromatic heterocycles. The van der Waals surface area contributed by atoms with Gasteiger partial charge in [-0.25, -0.2) is 0 Å². The minimum absolute atomic E-state index is 0.111. The molecule has 0 bridgehead atoms. The Morgan fingerprint density at radius 1 is 1.11 bits per heavy atom. The van der Waals surface area contributed by atoms with Gasteiger partial charge in [-0.15, -0.1) is 10.2 Å². The topological polar surface area (TPSA) is 59.3 Å². The summed E-state index contributed by atoms with van der Waals surface area (Å²) in [6.45, 7) is 2.07. The van der Waals surface area contributed by atoms with Crippen molar-refractivity contribution < 1.29 is 4.79 Å². The fraction of sp³-hybridized carbons (Fsp3) is 0.150.